The molecule has 86 valence electrons. The monoisotopic (exact) mass is 220 g/mol. The third kappa shape index (κ3) is 1.65. The summed E-state index contributed by atoms with van der Waals surface area (Å²) in [6.45, 7) is 0.736. The molecule has 3 rings (SSSR count). The summed E-state index contributed by atoms with van der Waals surface area (Å²) in [6.07, 6.45) is 3.51. The number of hydrogen-bond acceptors (Lipinski definition) is 3. The van der Waals surface area contributed by atoms with Gasteiger partial charge in [0.15, 0.2) is 11.5 Å². The Hall–Kier alpha value is -1.22. The molecule has 1 aromatic carbocycles. The minimum absolute atomic E-state index is 0.446. The quantitative estimate of drug-likeness (QED) is 0.842. The van der Waals surface area contributed by atoms with Gasteiger partial charge in [0.05, 0.1) is 19.3 Å². The van der Waals surface area contributed by atoms with E-state index in [-0.39, 0.29) is 0 Å². The fourth-order valence-electron chi connectivity index (χ4n) is 2.29. The summed E-state index contributed by atoms with van der Waals surface area (Å²) in [5, 5.41) is 9.92. The van der Waals surface area contributed by atoms with Crippen LogP contribution in [0.4, 0.5) is 0 Å². The van der Waals surface area contributed by atoms with E-state index in [4.69, 9.17) is 9.47 Å². The van der Waals surface area contributed by atoms with Crippen molar-refractivity contribution in [2.75, 3.05) is 13.7 Å². The number of aliphatic hydroxyl groups is 1. The molecule has 2 aliphatic rings. The number of ether oxygens (including phenoxy) is 2. The standard InChI is InChI=1S/C13H16O3/c1-15-11-7-9(8-13(14)3-4-13)6-10-2-5-16-12(10)11/h6-7,14H,2-5,8H2,1H3. The maximum absolute atomic E-state index is 9.92. The van der Waals surface area contributed by atoms with Crippen LogP contribution >= 0.6 is 0 Å². The smallest absolute Gasteiger partial charge is 0.164 e. The van der Waals surface area contributed by atoms with Crippen molar-refractivity contribution in [2.45, 2.75) is 31.3 Å². The zero-order valence-electron chi connectivity index (χ0n) is 9.45. The number of methoxy groups -OCH3 is 1. The molecule has 1 aliphatic carbocycles. The summed E-state index contributed by atoms with van der Waals surface area (Å²) in [5.74, 6) is 1.68. The molecule has 1 N–H and O–H groups in total. The van der Waals surface area contributed by atoms with Crippen molar-refractivity contribution in [3.63, 3.8) is 0 Å². The molecule has 0 saturated heterocycles. The average Bonchev–Trinajstić information content (AvgIpc) is 2.80. The van der Waals surface area contributed by atoms with Gasteiger partial charge in [0, 0.05) is 18.4 Å². The summed E-state index contributed by atoms with van der Waals surface area (Å²) < 4.78 is 10.9. The Bertz CT molecular complexity index is 421. The van der Waals surface area contributed by atoms with Gasteiger partial charge < -0.3 is 14.6 Å². The van der Waals surface area contributed by atoms with Gasteiger partial charge in [-0.2, -0.15) is 0 Å². The van der Waals surface area contributed by atoms with Crippen LogP contribution in [0.25, 0.3) is 0 Å². The summed E-state index contributed by atoms with van der Waals surface area (Å²) >= 11 is 0. The van der Waals surface area contributed by atoms with E-state index in [9.17, 15) is 5.11 Å². The van der Waals surface area contributed by atoms with Crippen molar-refractivity contribution in [3.05, 3.63) is 23.3 Å². The maximum Gasteiger partial charge on any atom is 0.164 e. The number of benzene rings is 1. The normalized spacial score (nSPS) is 20.1. The molecule has 1 saturated carbocycles. The Morgan fingerprint density at radius 2 is 2.25 bits per heavy atom. The second-order valence-electron chi connectivity index (χ2n) is 4.79. The van der Waals surface area contributed by atoms with E-state index in [2.05, 4.69) is 6.07 Å². The first-order valence-corrected chi connectivity index (χ1v) is 5.75. The molecule has 3 nitrogen and oxygen atoms in total. The second-order valence-corrected chi connectivity index (χ2v) is 4.79. The molecule has 1 heterocycles. The largest absolute Gasteiger partial charge is 0.493 e. The highest BCUT2D eigenvalue weighted by Gasteiger charge is 2.40. The molecule has 1 fully saturated rings. The van der Waals surface area contributed by atoms with Gasteiger partial charge in [-0.1, -0.05) is 6.07 Å². The maximum atomic E-state index is 9.92. The van der Waals surface area contributed by atoms with Gasteiger partial charge in [-0.3, -0.25) is 0 Å². The zero-order valence-corrected chi connectivity index (χ0v) is 9.45. The Labute approximate surface area is 95.0 Å². The van der Waals surface area contributed by atoms with Crippen molar-refractivity contribution in [3.8, 4) is 11.5 Å². The summed E-state index contributed by atoms with van der Waals surface area (Å²) in [5.41, 5.74) is 1.92. The van der Waals surface area contributed by atoms with Crippen molar-refractivity contribution >= 4 is 0 Å². The highest BCUT2D eigenvalue weighted by molar-refractivity contribution is 5.51. The molecular weight excluding hydrogens is 204 g/mol. The Kier molecular flexibility index (Phi) is 2.11. The molecule has 0 aromatic heterocycles. The van der Waals surface area contributed by atoms with E-state index >= 15 is 0 Å². The fourth-order valence-corrected chi connectivity index (χ4v) is 2.29. The van der Waals surface area contributed by atoms with Crippen molar-refractivity contribution in [1.29, 1.82) is 0 Å². The van der Waals surface area contributed by atoms with Crippen LogP contribution in [0.15, 0.2) is 12.1 Å². The molecule has 0 atom stereocenters. The minimum Gasteiger partial charge on any atom is -0.493 e. The lowest BCUT2D eigenvalue weighted by atomic mass is 10.0. The van der Waals surface area contributed by atoms with Crippen LogP contribution in [0.2, 0.25) is 0 Å². The van der Waals surface area contributed by atoms with Gasteiger partial charge in [0.2, 0.25) is 0 Å². The summed E-state index contributed by atoms with van der Waals surface area (Å²) in [4.78, 5) is 0. The van der Waals surface area contributed by atoms with E-state index in [1.54, 1.807) is 7.11 Å². The predicted octanol–water partition coefficient (Wildman–Crippen LogP) is 1.70. The average molecular weight is 220 g/mol. The van der Waals surface area contributed by atoms with Gasteiger partial charge >= 0.3 is 0 Å². The molecule has 0 unspecified atom stereocenters. The molecule has 1 aromatic rings. The van der Waals surface area contributed by atoms with E-state index < -0.39 is 5.60 Å². The molecule has 16 heavy (non-hydrogen) atoms. The van der Waals surface area contributed by atoms with Crippen LogP contribution in [0.3, 0.4) is 0 Å². The van der Waals surface area contributed by atoms with Crippen LogP contribution in [0.5, 0.6) is 11.5 Å². The van der Waals surface area contributed by atoms with Gasteiger partial charge in [-0.05, 0) is 24.5 Å². The first-order valence-electron chi connectivity index (χ1n) is 5.75. The molecule has 1 aliphatic heterocycles. The van der Waals surface area contributed by atoms with Crippen molar-refractivity contribution in [2.24, 2.45) is 0 Å². The van der Waals surface area contributed by atoms with Gasteiger partial charge in [0.1, 0.15) is 0 Å². The number of fused-ring (bicyclic) bond motifs is 1. The number of hydrogen-bond donors (Lipinski definition) is 1. The predicted molar refractivity (Wildman–Crippen MR) is 60.1 cm³/mol. The van der Waals surface area contributed by atoms with Gasteiger partial charge in [-0.15, -0.1) is 0 Å². The van der Waals surface area contributed by atoms with Crippen molar-refractivity contribution < 1.29 is 14.6 Å². The molecule has 3 heteroatoms. The minimum atomic E-state index is -0.446. The van der Waals surface area contributed by atoms with Gasteiger partial charge in [0.25, 0.3) is 0 Å². The topological polar surface area (TPSA) is 38.7 Å². The summed E-state index contributed by atoms with van der Waals surface area (Å²) in [6, 6.07) is 4.13. The van der Waals surface area contributed by atoms with Crippen LogP contribution in [-0.2, 0) is 12.8 Å². The van der Waals surface area contributed by atoms with Crippen LogP contribution < -0.4 is 9.47 Å². The summed E-state index contributed by atoms with van der Waals surface area (Å²) in [7, 11) is 1.66. The molecule has 0 radical (unpaired) electrons. The lowest BCUT2D eigenvalue weighted by Crippen LogP contribution is -2.10. The Morgan fingerprint density at radius 3 is 2.94 bits per heavy atom. The van der Waals surface area contributed by atoms with E-state index in [1.165, 1.54) is 5.56 Å². The van der Waals surface area contributed by atoms with E-state index in [0.29, 0.717) is 0 Å². The highest BCUT2D eigenvalue weighted by atomic mass is 16.5. The SMILES string of the molecule is COc1cc(CC2(O)CC2)cc2c1OCC2. The Morgan fingerprint density at radius 1 is 1.44 bits per heavy atom. The van der Waals surface area contributed by atoms with E-state index in [1.807, 2.05) is 6.07 Å². The first kappa shape index (κ1) is 9.97. The highest BCUT2D eigenvalue weighted by Crippen LogP contribution is 2.42. The third-order valence-electron chi connectivity index (χ3n) is 3.39. The lowest BCUT2D eigenvalue weighted by molar-refractivity contribution is 0.151. The third-order valence-corrected chi connectivity index (χ3v) is 3.39. The fraction of sp³-hybridized carbons (Fsp3) is 0.538. The number of rotatable bonds is 3. The molecule has 0 spiro atoms. The Balaban J connectivity index is 1.94. The lowest BCUT2D eigenvalue weighted by Gasteiger charge is -2.12. The molecular formula is C13H16O3. The molecule has 0 amide bonds. The van der Waals surface area contributed by atoms with E-state index in [0.717, 1.165) is 49.4 Å². The van der Waals surface area contributed by atoms with Gasteiger partial charge in [-0.25, -0.2) is 0 Å². The molecule has 0 bridgehead atoms. The van der Waals surface area contributed by atoms with Crippen molar-refractivity contribution in [1.82, 2.24) is 0 Å². The van der Waals surface area contributed by atoms with Crippen LogP contribution in [-0.4, -0.2) is 24.4 Å². The van der Waals surface area contributed by atoms with Crippen LogP contribution in [0, 0.1) is 0 Å². The van der Waals surface area contributed by atoms with Crippen LogP contribution in [0.1, 0.15) is 24.0 Å². The first-order chi connectivity index (χ1) is 7.70. The zero-order chi connectivity index (χ0) is 11.2. The second kappa shape index (κ2) is 3.39.